The number of fused-ring (bicyclic) bond motifs is 1. The van der Waals surface area contributed by atoms with Crippen LogP contribution in [0.5, 0.6) is 0 Å². The van der Waals surface area contributed by atoms with Gasteiger partial charge in [0.2, 0.25) is 5.91 Å². The number of aromatic amines is 1. The number of carbonyl (C=O) groups is 1. The van der Waals surface area contributed by atoms with E-state index in [2.05, 4.69) is 9.97 Å². The molecule has 0 aliphatic heterocycles. The molecule has 1 amide bonds. The highest BCUT2D eigenvalue weighted by atomic mass is 16.1. The van der Waals surface area contributed by atoms with E-state index in [-0.39, 0.29) is 12.3 Å². The maximum absolute atomic E-state index is 11.6. The highest BCUT2D eigenvalue weighted by Crippen LogP contribution is 2.38. The summed E-state index contributed by atoms with van der Waals surface area (Å²) >= 11 is 0. The summed E-state index contributed by atoms with van der Waals surface area (Å²) in [5.74, 6) is -0.320. The third-order valence-corrected chi connectivity index (χ3v) is 4.02. The van der Waals surface area contributed by atoms with Crippen molar-refractivity contribution in [2.24, 2.45) is 5.73 Å². The van der Waals surface area contributed by atoms with Crippen molar-refractivity contribution in [2.45, 2.75) is 18.8 Å². The van der Waals surface area contributed by atoms with Gasteiger partial charge in [0, 0.05) is 41.3 Å². The van der Waals surface area contributed by atoms with E-state index < -0.39 is 5.41 Å². The maximum atomic E-state index is 11.6. The first-order valence-corrected chi connectivity index (χ1v) is 6.87. The van der Waals surface area contributed by atoms with Crippen LogP contribution in [0.15, 0.2) is 55.0 Å². The summed E-state index contributed by atoms with van der Waals surface area (Å²) in [5, 5.41) is 1.02. The van der Waals surface area contributed by atoms with E-state index in [1.807, 2.05) is 55.7 Å². The number of hydrogen-bond donors (Lipinski definition) is 2. The van der Waals surface area contributed by atoms with Crippen LogP contribution in [0.4, 0.5) is 0 Å². The molecule has 4 nitrogen and oxygen atoms in total. The maximum Gasteiger partial charge on any atom is 0.218 e. The number of pyridine rings is 1. The Morgan fingerprint density at radius 2 is 2.05 bits per heavy atom. The number of carbonyl (C=O) groups excluding carboxylic acids is 1. The number of H-pyrrole nitrogens is 1. The zero-order valence-electron chi connectivity index (χ0n) is 11.8. The van der Waals surface area contributed by atoms with Crippen LogP contribution >= 0.6 is 0 Å². The van der Waals surface area contributed by atoms with Crippen LogP contribution in [-0.4, -0.2) is 15.9 Å². The van der Waals surface area contributed by atoms with Gasteiger partial charge in [0.25, 0.3) is 0 Å². The van der Waals surface area contributed by atoms with Crippen LogP contribution in [0.2, 0.25) is 0 Å². The van der Waals surface area contributed by atoms with E-state index in [1.165, 1.54) is 0 Å². The highest BCUT2D eigenvalue weighted by molar-refractivity contribution is 5.86. The van der Waals surface area contributed by atoms with Gasteiger partial charge >= 0.3 is 0 Å². The predicted octanol–water partition coefficient (Wildman–Crippen LogP) is 2.74. The molecule has 3 rings (SSSR count). The molecule has 0 saturated carbocycles. The Kier molecular flexibility index (Phi) is 3.22. The first-order chi connectivity index (χ1) is 10.1. The number of nitrogens with two attached hydrogens (primary N) is 1. The Morgan fingerprint density at radius 3 is 2.76 bits per heavy atom. The van der Waals surface area contributed by atoms with Crippen molar-refractivity contribution in [2.75, 3.05) is 0 Å². The van der Waals surface area contributed by atoms with Crippen LogP contribution in [0, 0.1) is 0 Å². The second-order valence-electron chi connectivity index (χ2n) is 5.46. The molecule has 1 aromatic carbocycles. The van der Waals surface area contributed by atoms with Gasteiger partial charge in [0.1, 0.15) is 0 Å². The Bertz CT molecular complexity index is 779. The minimum Gasteiger partial charge on any atom is -0.370 e. The normalized spacial score (nSPS) is 14.0. The largest absolute Gasteiger partial charge is 0.370 e. The minimum absolute atomic E-state index is 0.249. The first kappa shape index (κ1) is 13.4. The summed E-state index contributed by atoms with van der Waals surface area (Å²) in [7, 11) is 0. The highest BCUT2D eigenvalue weighted by Gasteiger charge is 2.33. The SMILES string of the molecule is CC(CC(N)=O)(c1ccccc1)c1c[nH]c2ccncc12. The number of benzene rings is 1. The van der Waals surface area contributed by atoms with Gasteiger partial charge in [-0.2, -0.15) is 0 Å². The molecule has 0 aliphatic rings. The zero-order chi connectivity index (χ0) is 14.9. The average Bonchev–Trinajstić information content (AvgIpc) is 2.92. The fraction of sp³-hybridized carbons (Fsp3) is 0.176. The molecular weight excluding hydrogens is 262 g/mol. The molecule has 2 aromatic heterocycles. The Hall–Kier alpha value is -2.62. The van der Waals surface area contributed by atoms with E-state index in [1.54, 1.807) is 6.20 Å². The number of hydrogen-bond acceptors (Lipinski definition) is 2. The van der Waals surface area contributed by atoms with E-state index in [0.29, 0.717) is 0 Å². The number of primary amides is 1. The van der Waals surface area contributed by atoms with E-state index in [9.17, 15) is 4.79 Å². The van der Waals surface area contributed by atoms with Gasteiger partial charge in [0.05, 0.1) is 0 Å². The molecule has 1 atom stereocenters. The summed E-state index contributed by atoms with van der Waals surface area (Å²) in [5.41, 5.74) is 8.13. The second-order valence-corrected chi connectivity index (χ2v) is 5.46. The molecule has 1 unspecified atom stereocenters. The van der Waals surface area contributed by atoms with E-state index in [0.717, 1.165) is 22.0 Å². The third-order valence-electron chi connectivity index (χ3n) is 4.02. The fourth-order valence-electron chi connectivity index (χ4n) is 2.93. The average molecular weight is 279 g/mol. The van der Waals surface area contributed by atoms with Crippen molar-refractivity contribution in [1.29, 1.82) is 0 Å². The van der Waals surface area contributed by atoms with Gasteiger partial charge < -0.3 is 10.7 Å². The molecule has 0 fully saturated rings. The predicted molar refractivity (Wildman–Crippen MR) is 82.8 cm³/mol. The van der Waals surface area contributed by atoms with Crippen molar-refractivity contribution in [3.05, 3.63) is 66.1 Å². The molecule has 0 spiro atoms. The fourth-order valence-corrected chi connectivity index (χ4v) is 2.93. The Balaban J connectivity index is 2.22. The first-order valence-electron chi connectivity index (χ1n) is 6.87. The quantitative estimate of drug-likeness (QED) is 0.770. The molecular formula is C17H17N3O. The number of nitrogens with zero attached hydrogens (tertiary/aromatic N) is 1. The molecule has 106 valence electrons. The molecule has 3 aromatic rings. The molecule has 0 saturated heterocycles. The summed E-state index contributed by atoms with van der Waals surface area (Å²) in [6, 6.07) is 11.9. The topological polar surface area (TPSA) is 71.8 Å². The number of aromatic nitrogens is 2. The van der Waals surface area contributed by atoms with Crippen molar-refractivity contribution in [3.63, 3.8) is 0 Å². The lowest BCUT2D eigenvalue weighted by Crippen LogP contribution is -2.30. The molecule has 4 heteroatoms. The summed E-state index contributed by atoms with van der Waals surface area (Å²) < 4.78 is 0. The molecule has 0 aliphatic carbocycles. The zero-order valence-corrected chi connectivity index (χ0v) is 11.8. The minimum atomic E-state index is -0.478. The monoisotopic (exact) mass is 279 g/mol. The summed E-state index contributed by atoms with van der Waals surface area (Å²) in [6.45, 7) is 2.04. The number of amides is 1. The second kappa shape index (κ2) is 5.05. The van der Waals surface area contributed by atoms with Gasteiger partial charge in [-0.15, -0.1) is 0 Å². The molecule has 3 N–H and O–H groups in total. The van der Waals surface area contributed by atoms with Gasteiger partial charge in [-0.25, -0.2) is 0 Å². The molecule has 21 heavy (non-hydrogen) atoms. The molecule has 0 radical (unpaired) electrons. The molecule has 0 bridgehead atoms. The lowest BCUT2D eigenvalue weighted by molar-refractivity contribution is -0.118. The van der Waals surface area contributed by atoms with Crippen LogP contribution in [-0.2, 0) is 10.2 Å². The van der Waals surface area contributed by atoms with Gasteiger partial charge in [-0.3, -0.25) is 9.78 Å². The number of nitrogens with one attached hydrogen (secondary N) is 1. The number of rotatable bonds is 4. The van der Waals surface area contributed by atoms with Gasteiger partial charge in [-0.1, -0.05) is 37.3 Å². The van der Waals surface area contributed by atoms with Crippen molar-refractivity contribution in [1.82, 2.24) is 9.97 Å². The standard InChI is InChI=1S/C17H17N3O/c1-17(9-16(18)21,12-5-3-2-4-6-12)14-11-20-15-7-8-19-10-13(14)15/h2-8,10-11,20H,9H2,1H3,(H2,18,21). The Labute approximate surface area is 123 Å². The van der Waals surface area contributed by atoms with Crippen molar-refractivity contribution in [3.8, 4) is 0 Å². The molecule has 2 heterocycles. The van der Waals surface area contributed by atoms with Crippen molar-refractivity contribution >= 4 is 16.8 Å². The van der Waals surface area contributed by atoms with Crippen molar-refractivity contribution < 1.29 is 4.79 Å². The van der Waals surface area contributed by atoms with Crippen LogP contribution in [0.25, 0.3) is 10.9 Å². The van der Waals surface area contributed by atoms with Gasteiger partial charge in [0.15, 0.2) is 0 Å². The third kappa shape index (κ3) is 2.29. The summed E-state index contributed by atoms with van der Waals surface area (Å²) in [4.78, 5) is 19.1. The van der Waals surface area contributed by atoms with Gasteiger partial charge in [-0.05, 0) is 17.2 Å². The Morgan fingerprint density at radius 1 is 1.29 bits per heavy atom. The van der Waals surface area contributed by atoms with E-state index >= 15 is 0 Å². The van der Waals surface area contributed by atoms with Crippen LogP contribution < -0.4 is 5.73 Å². The lowest BCUT2D eigenvalue weighted by atomic mass is 9.73. The summed E-state index contributed by atoms with van der Waals surface area (Å²) in [6.07, 6.45) is 5.76. The van der Waals surface area contributed by atoms with E-state index in [4.69, 9.17) is 5.73 Å². The van der Waals surface area contributed by atoms with Crippen LogP contribution in [0.3, 0.4) is 0 Å². The lowest BCUT2D eigenvalue weighted by Gasteiger charge is -2.29. The van der Waals surface area contributed by atoms with Crippen LogP contribution in [0.1, 0.15) is 24.5 Å². The smallest absolute Gasteiger partial charge is 0.218 e.